The molecule has 0 saturated carbocycles. The van der Waals surface area contributed by atoms with Gasteiger partial charge in [0, 0.05) is 25.8 Å². The van der Waals surface area contributed by atoms with Crippen LogP contribution < -0.4 is 21.9 Å². The zero-order valence-electron chi connectivity index (χ0n) is 19.5. The molecule has 3 rings (SSSR count). The van der Waals surface area contributed by atoms with Crippen LogP contribution in [0.1, 0.15) is 40.1 Å². The van der Waals surface area contributed by atoms with Crippen LogP contribution in [0.4, 0.5) is 11.5 Å². The highest BCUT2D eigenvalue weighted by Gasteiger charge is 2.23. The van der Waals surface area contributed by atoms with Crippen LogP contribution in [0.15, 0.2) is 64.2 Å². The molecule has 0 aliphatic rings. The quantitative estimate of drug-likeness (QED) is 0.381. The highest BCUT2D eigenvalue weighted by molar-refractivity contribution is 6.02. The summed E-state index contributed by atoms with van der Waals surface area (Å²) < 4.78 is 7.11. The van der Waals surface area contributed by atoms with Gasteiger partial charge >= 0.3 is 11.7 Å². The van der Waals surface area contributed by atoms with Crippen molar-refractivity contribution in [3.63, 3.8) is 0 Å². The van der Waals surface area contributed by atoms with E-state index in [4.69, 9.17) is 10.5 Å². The summed E-state index contributed by atoms with van der Waals surface area (Å²) in [6.45, 7) is 5.14. The molecule has 0 unspecified atom stereocenters. The topological polar surface area (TPSA) is 117 Å². The van der Waals surface area contributed by atoms with Crippen LogP contribution in [0.5, 0.6) is 0 Å². The maximum Gasteiger partial charge on any atom is 0.338 e. The largest absolute Gasteiger partial charge is 0.454 e. The van der Waals surface area contributed by atoms with Crippen LogP contribution in [0.25, 0.3) is 0 Å². The minimum Gasteiger partial charge on any atom is -0.454 e. The smallest absolute Gasteiger partial charge is 0.338 e. The zero-order chi connectivity index (χ0) is 24.8. The summed E-state index contributed by atoms with van der Waals surface area (Å²) in [6, 6.07) is 15.9. The van der Waals surface area contributed by atoms with Crippen molar-refractivity contribution in [3.8, 4) is 0 Å². The van der Waals surface area contributed by atoms with Gasteiger partial charge in [-0.1, -0.05) is 30.3 Å². The van der Waals surface area contributed by atoms with Gasteiger partial charge in [-0.05, 0) is 43.7 Å². The number of hydrogen-bond donors (Lipinski definition) is 1. The Morgan fingerprint density at radius 1 is 0.971 bits per heavy atom. The second-order valence-electron chi connectivity index (χ2n) is 7.70. The predicted octanol–water partition coefficient (Wildman–Crippen LogP) is 2.06. The first-order valence-electron chi connectivity index (χ1n) is 11.0. The Balaban J connectivity index is 1.80. The fraction of sp³-hybridized carbons (Fsp3) is 0.280. The van der Waals surface area contributed by atoms with Gasteiger partial charge in [-0.2, -0.15) is 0 Å². The van der Waals surface area contributed by atoms with Crippen molar-refractivity contribution in [1.29, 1.82) is 0 Å². The van der Waals surface area contributed by atoms with Crippen molar-refractivity contribution in [1.82, 2.24) is 9.13 Å². The van der Waals surface area contributed by atoms with E-state index >= 15 is 0 Å². The second-order valence-corrected chi connectivity index (χ2v) is 7.70. The Hall–Kier alpha value is -4.14. The van der Waals surface area contributed by atoms with Crippen molar-refractivity contribution in [3.05, 3.63) is 92.1 Å². The molecule has 0 amide bonds. The number of nitrogen functional groups attached to an aromatic ring is 1. The lowest BCUT2D eigenvalue weighted by molar-refractivity contribution is 0.0474. The normalized spacial score (nSPS) is 10.7. The molecule has 9 heteroatoms. The predicted molar refractivity (Wildman–Crippen MR) is 131 cm³/mol. The third-order valence-electron chi connectivity index (χ3n) is 5.61. The van der Waals surface area contributed by atoms with Crippen molar-refractivity contribution in [2.45, 2.75) is 20.4 Å². The van der Waals surface area contributed by atoms with Crippen molar-refractivity contribution < 1.29 is 14.3 Å². The number of benzene rings is 2. The zero-order valence-corrected chi connectivity index (χ0v) is 19.5. The number of carbonyl (C=O) groups excluding carboxylic acids is 2. The third kappa shape index (κ3) is 5.09. The first-order chi connectivity index (χ1) is 16.3. The lowest BCUT2D eigenvalue weighted by Crippen LogP contribution is -2.43. The van der Waals surface area contributed by atoms with Gasteiger partial charge in [0.05, 0.1) is 12.1 Å². The molecule has 9 nitrogen and oxygen atoms in total. The first-order valence-corrected chi connectivity index (χ1v) is 11.0. The monoisotopic (exact) mass is 464 g/mol. The van der Waals surface area contributed by atoms with Gasteiger partial charge in [-0.15, -0.1) is 0 Å². The van der Waals surface area contributed by atoms with Crippen LogP contribution in [0, 0.1) is 0 Å². The molecule has 2 N–H and O–H groups in total. The van der Waals surface area contributed by atoms with E-state index in [1.165, 1.54) is 7.05 Å². The van der Waals surface area contributed by atoms with Crippen molar-refractivity contribution in [2.24, 2.45) is 7.05 Å². The molecule has 0 spiro atoms. The standard InChI is InChI=1S/C25H28N4O5/c1-4-28(5-2)19-13-11-18(12-14-19)24(32)34-16-20(30)21-22(26)29(25(33)27(3)23(21)31)15-17-9-7-6-8-10-17/h6-14H,4-5,15-16,26H2,1-3H3. The van der Waals surface area contributed by atoms with E-state index in [1.807, 2.05) is 19.9 Å². The number of anilines is 2. The fourth-order valence-corrected chi connectivity index (χ4v) is 3.65. The summed E-state index contributed by atoms with van der Waals surface area (Å²) in [7, 11) is 1.27. The Labute approximate surface area is 197 Å². The van der Waals surface area contributed by atoms with Crippen LogP contribution in [0.2, 0.25) is 0 Å². The van der Waals surface area contributed by atoms with Crippen LogP contribution in [-0.2, 0) is 18.3 Å². The first kappa shape index (κ1) is 24.5. The van der Waals surface area contributed by atoms with E-state index in [-0.39, 0.29) is 23.5 Å². The number of nitrogens with zero attached hydrogens (tertiary/aromatic N) is 3. The highest BCUT2D eigenvalue weighted by atomic mass is 16.5. The summed E-state index contributed by atoms with van der Waals surface area (Å²) >= 11 is 0. The fourth-order valence-electron chi connectivity index (χ4n) is 3.65. The molecule has 0 aliphatic heterocycles. The van der Waals surface area contributed by atoms with Crippen molar-refractivity contribution >= 4 is 23.3 Å². The molecule has 0 atom stereocenters. The molecule has 34 heavy (non-hydrogen) atoms. The second kappa shape index (κ2) is 10.7. The Bertz CT molecular complexity index is 1290. The number of esters is 1. The molecule has 0 fully saturated rings. The molecular weight excluding hydrogens is 436 g/mol. The van der Waals surface area contributed by atoms with E-state index in [0.29, 0.717) is 0 Å². The summed E-state index contributed by atoms with van der Waals surface area (Å²) in [5.41, 5.74) is 6.22. The molecular formula is C25H28N4O5. The summed E-state index contributed by atoms with van der Waals surface area (Å²) in [5, 5.41) is 0. The SMILES string of the molecule is CCN(CC)c1ccc(C(=O)OCC(=O)c2c(N)n(Cc3ccccc3)c(=O)n(C)c2=O)cc1. The number of ketones is 1. The minimum atomic E-state index is -0.837. The average molecular weight is 465 g/mol. The van der Waals surface area contributed by atoms with Gasteiger partial charge in [0.1, 0.15) is 11.4 Å². The van der Waals surface area contributed by atoms with Gasteiger partial charge in [0.25, 0.3) is 5.56 Å². The maximum atomic E-state index is 12.8. The molecule has 2 aromatic carbocycles. The number of ether oxygens (including phenoxy) is 1. The van der Waals surface area contributed by atoms with E-state index in [1.54, 1.807) is 48.5 Å². The number of aromatic nitrogens is 2. The van der Waals surface area contributed by atoms with E-state index < -0.39 is 29.6 Å². The highest BCUT2D eigenvalue weighted by Crippen LogP contribution is 2.16. The summed E-state index contributed by atoms with van der Waals surface area (Å²) in [4.78, 5) is 52.6. The molecule has 0 bridgehead atoms. The van der Waals surface area contributed by atoms with Gasteiger partial charge in [-0.3, -0.25) is 18.7 Å². The van der Waals surface area contributed by atoms with E-state index in [2.05, 4.69) is 4.90 Å². The number of Topliss-reactive ketones (excluding diaryl/α,β-unsaturated/α-hetero) is 1. The van der Waals surface area contributed by atoms with Gasteiger partial charge < -0.3 is 15.4 Å². The summed E-state index contributed by atoms with van der Waals surface area (Å²) in [6.07, 6.45) is 0. The Morgan fingerprint density at radius 3 is 2.18 bits per heavy atom. The molecule has 1 heterocycles. The van der Waals surface area contributed by atoms with Gasteiger partial charge in [0.2, 0.25) is 5.78 Å². The molecule has 0 saturated heterocycles. The third-order valence-corrected chi connectivity index (χ3v) is 5.61. The molecule has 178 valence electrons. The van der Waals surface area contributed by atoms with E-state index in [0.717, 1.165) is 33.5 Å². The molecule has 0 aliphatic carbocycles. The van der Waals surface area contributed by atoms with E-state index in [9.17, 15) is 19.2 Å². The van der Waals surface area contributed by atoms with Crippen LogP contribution >= 0.6 is 0 Å². The lowest BCUT2D eigenvalue weighted by Gasteiger charge is -2.20. The molecule has 0 radical (unpaired) electrons. The number of carbonyl (C=O) groups is 2. The minimum absolute atomic E-state index is 0.0819. The average Bonchev–Trinajstić information content (AvgIpc) is 2.86. The molecule has 3 aromatic rings. The van der Waals surface area contributed by atoms with Crippen molar-refractivity contribution in [2.75, 3.05) is 30.3 Å². The number of hydrogen-bond acceptors (Lipinski definition) is 7. The molecule has 1 aromatic heterocycles. The van der Waals surface area contributed by atoms with Crippen LogP contribution in [-0.4, -0.2) is 40.6 Å². The number of nitrogens with two attached hydrogens (primary N) is 1. The summed E-state index contributed by atoms with van der Waals surface area (Å²) in [5.74, 6) is -1.75. The number of rotatable bonds is 9. The van der Waals surface area contributed by atoms with Gasteiger partial charge in [0.15, 0.2) is 6.61 Å². The lowest BCUT2D eigenvalue weighted by atomic mass is 10.1. The maximum absolute atomic E-state index is 12.8. The Morgan fingerprint density at radius 2 is 1.59 bits per heavy atom. The van der Waals surface area contributed by atoms with Gasteiger partial charge in [-0.25, -0.2) is 9.59 Å². The van der Waals surface area contributed by atoms with Crippen LogP contribution in [0.3, 0.4) is 0 Å². The Kier molecular flexibility index (Phi) is 7.68.